The highest BCUT2D eigenvalue weighted by atomic mass is 19.1. The normalized spacial score (nSPS) is 19.8. The van der Waals surface area contributed by atoms with Gasteiger partial charge in [-0.3, -0.25) is 9.48 Å². The number of aryl methyl sites for hydroxylation is 1. The summed E-state index contributed by atoms with van der Waals surface area (Å²) in [6.07, 6.45) is 5.62. The largest absolute Gasteiger partial charge is 0.380 e. The number of ether oxygens (including phenoxy) is 1. The lowest BCUT2D eigenvalue weighted by Crippen LogP contribution is -2.40. The maximum absolute atomic E-state index is 13.3. The molecule has 2 aromatic heterocycles. The third kappa shape index (κ3) is 3.42. The van der Waals surface area contributed by atoms with Gasteiger partial charge in [0.1, 0.15) is 0 Å². The van der Waals surface area contributed by atoms with Crippen LogP contribution in [0.1, 0.15) is 40.4 Å². The van der Waals surface area contributed by atoms with Crippen molar-refractivity contribution < 1.29 is 13.9 Å². The van der Waals surface area contributed by atoms with Crippen LogP contribution in [0.15, 0.2) is 24.5 Å². The Morgan fingerprint density at radius 2 is 2.24 bits per heavy atom. The Balaban J connectivity index is 1.53. The highest BCUT2D eigenvalue weighted by Gasteiger charge is 2.32. The molecule has 1 amide bonds. The van der Waals surface area contributed by atoms with Gasteiger partial charge in [0.05, 0.1) is 18.5 Å². The first-order valence-corrected chi connectivity index (χ1v) is 8.61. The summed E-state index contributed by atoms with van der Waals surface area (Å²) in [6, 6.07) is 2.72. The van der Waals surface area contributed by atoms with Gasteiger partial charge in [-0.15, -0.1) is 0 Å². The van der Waals surface area contributed by atoms with E-state index >= 15 is 0 Å². The molecule has 0 aromatic carbocycles. The van der Waals surface area contributed by atoms with E-state index in [4.69, 9.17) is 4.74 Å². The van der Waals surface area contributed by atoms with Gasteiger partial charge >= 0.3 is 0 Å². The molecule has 0 saturated heterocycles. The highest BCUT2D eigenvalue weighted by molar-refractivity contribution is 5.94. The van der Waals surface area contributed by atoms with Crippen molar-refractivity contribution in [2.24, 2.45) is 13.0 Å². The zero-order valence-electron chi connectivity index (χ0n) is 14.2. The predicted molar refractivity (Wildman–Crippen MR) is 88.4 cm³/mol. The van der Waals surface area contributed by atoms with Gasteiger partial charge in [0, 0.05) is 56.1 Å². The summed E-state index contributed by atoms with van der Waals surface area (Å²) in [5, 5.41) is 4.34. The van der Waals surface area contributed by atoms with E-state index < -0.39 is 5.95 Å². The van der Waals surface area contributed by atoms with E-state index in [2.05, 4.69) is 10.1 Å². The Hall–Kier alpha value is -2.28. The molecule has 1 atom stereocenters. The molecule has 1 saturated carbocycles. The van der Waals surface area contributed by atoms with Gasteiger partial charge in [-0.2, -0.15) is 9.49 Å². The molecule has 0 unspecified atom stereocenters. The minimum Gasteiger partial charge on any atom is -0.380 e. The van der Waals surface area contributed by atoms with Gasteiger partial charge in [0.2, 0.25) is 5.95 Å². The monoisotopic (exact) mass is 344 g/mol. The Morgan fingerprint density at radius 3 is 3.00 bits per heavy atom. The van der Waals surface area contributed by atoms with Gasteiger partial charge in [0.15, 0.2) is 0 Å². The van der Waals surface area contributed by atoms with Crippen LogP contribution in [0.25, 0.3) is 0 Å². The number of pyridine rings is 1. The van der Waals surface area contributed by atoms with E-state index in [-0.39, 0.29) is 11.8 Å². The number of aromatic nitrogens is 3. The van der Waals surface area contributed by atoms with Crippen LogP contribution in [0.4, 0.5) is 4.39 Å². The summed E-state index contributed by atoms with van der Waals surface area (Å²) >= 11 is 0. The predicted octanol–water partition coefficient (Wildman–Crippen LogP) is 2.12. The second-order valence-electron chi connectivity index (χ2n) is 6.91. The van der Waals surface area contributed by atoms with Gasteiger partial charge in [-0.05, 0) is 24.8 Å². The number of halogens is 1. The second kappa shape index (κ2) is 6.55. The summed E-state index contributed by atoms with van der Waals surface area (Å²) < 4.78 is 21.1. The minimum absolute atomic E-state index is 0.0747. The maximum Gasteiger partial charge on any atom is 0.254 e. The zero-order chi connectivity index (χ0) is 17.4. The van der Waals surface area contributed by atoms with Gasteiger partial charge in [0.25, 0.3) is 5.91 Å². The van der Waals surface area contributed by atoms with Crippen molar-refractivity contribution >= 4 is 5.91 Å². The Bertz CT molecular complexity index is 787. The molecule has 0 radical (unpaired) electrons. The summed E-state index contributed by atoms with van der Waals surface area (Å²) in [5.41, 5.74) is 2.47. The number of fused-ring (bicyclic) bond motifs is 1. The molecule has 25 heavy (non-hydrogen) atoms. The number of hydrogen-bond acceptors (Lipinski definition) is 4. The van der Waals surface area contributed by atoms with E-state index in [0.717, 1.165) is 17.9 Å². The van der Waals surface area contributed by atoms with E-state index in [1.165, 1.54) is 25.1 Å². The molecule has 0 bridgehead atoms. The average molecular weight is 344 g/mol. The first-order valence-electron chi connectivity index (χ1n) is 8.61. The Kier molecular flexibility index (Phi) is 4.25. The quantitative estimate of drug-likeness (QED) is 0.780. The van der Waals surface area contributed by atoms with Crippen molar-refractivity contribution in [1.82, 2.24) is 19.7 Å². The third-order valence-electron chi connectivity index (χ3n) is 4.88. The van der Waals surface area contributed by atoms with Crippen molar-refractivity contribution in [2.75, 3.05) is 19.8 Å². The van der Waals surface area contributed by atoms with Crippen molar-refractivity contribution in [3.8, 4) is 0 Å². The van der Waals surface area contributed by atoms with Crippen LogP contribution < -0.4 is 0 Å². The SMILES string of the molecule is Cn1ncc2c1[C@H](COCC1CC1)CN(C(=O)c1ccnc(F)c1)C2. The van der Waals surface area contributed by atoms with E-state index in [1.54, 1.807) is 17.2 Å². The maximum atomic E-state index is 13.3. The Labute approximate surface area is 145 Å². The van der Waals surface area contributed by atoms with Crippen LogP contribution in [0.2, 0.25) is 0 Å². The van der Waals surface area contributed by atoms with Crippen molar-refractivity contribution in [3.05, 3.63) is 47.3 Å². The average Bonchev–Trinajstić information content (AvgIpc) is 3.36. The molecule has 3 heterocycles. The van der Waals surface area contributed by atoms with Gasteiger partial charge in [-0.1, -0.05) is 0 Å². The second-order valence-corrected chi connectivity index (χ2v) is 6.91. The fourth-order valence-electron chi connectivity index (χ4n) is 3.43. The molecule has 6 nitrogen and oxygen atoms in total. The lowest BCUT2D eigenvalue weighted by molar-refractivity contribution is 0.0620. The lowest BCUT2D eigenvalue weighted by Gasteiger charge is -2.33. The lowest BCUT2D eigenvalue weighted by atomic mass is 9.96. The van der Waals surface area contributed by atoms with Gasteiger partial charge in [-0.25, -0.2) is 4.98 Å². The van der Waals surface area contributed by atoms with Crippen molar-refractivity contribution in [3.63, 3.8) is 0 Å². The van der Waals surface area contributed by atoms with E-state index in [1.807, 2.05) is 11.7 Å². The van der Waals surface area contributed by atoms with E-state index in [9.17, 15) is 9.18 Å². The first-order chi connectivity index (χ1) is 12.1. The molecule has 1 aliphatic carbocycles. The molecule has 4 rings (SSSR count). The smallest absolute Gasteiger partial charge is 0.254 e. The van der Waals surface area contributed by atoms with Crippen molar-refractivity contribution in [2.45, 2.75) is 25.3 Å². The van der Waals surface area contributed by atoms with Crippen LogP contribution in [0.3, 0.4) is 0 Å². The summed E-state index contributed by atoms with van der Waals surface area (Å²) in [6.45, 7) is 2.37. The highest BCUT2D eigenvalue weighted by Crippen LogP contribution is 2.32. The molecule has 0 spiro atoms. The molecule has 2 aromatic rings. The molecule has 1 fully saturated rings. The summed E-state index contributed by atoms with van der Waals surface area (Å²) in [7, 11) is 1.92. The number of carbonyl (C=O) groups excluding carboxylic acids is 1. The molecule has 1 aliphatic heterocycles. The molecular formula is C18H21FN4O2. The van der Waals surface area contributed by atoms with Crippen molar-refractivity contribution in [1.29, 1.82) is 0 Å². The molecule has 0 N–H and O–H groups in total. The summed E-state index contributed by atoms with van der Waals surface area (Å²) in [5.74, 6) is -0.0602. The van der Waals surface area contributed by atoms with Crippen LogP contribution >= 0.6 is 0 Å². The number of nitrogens with zero attached hydrogens (tertiary/aromatic N) is 4. The minimum atomic E-state index is -0.644. The fourth-order valence-corrected chi connectivity index (χ4v) is 3.43. The number of amides is 1. The van der Waals surface area contributed by atoms with Crippen LogP contribution in [-0.2, 0) is 18.3 Å². The van der Waals surface area contributed by atoms with Crippen LogP contribution in [0, 0.1) is 11.9 Å². The van der Waals surface area contributed by atoms with Gasteiger partial charge < -0.3 is 9.64 Å². The zero-order valence-corrected chi connectivity index (χ0v) is 14.2. The standard InChI is InChI=1S/C18H21FN4O2/c1-22-17-14(7-21-22)8-23(9-15(17)11-25-10-12-2-3-12)18(24)13-4-5-20-16(19)6-13/h4-7,12,15H,2-3,8-11H2,1H3/t15-/m0/s1. The molecule has 132 valence electrons. The van der Waals surface area contributed by atoms with E-state index in [0.29, 0.717) is 31.2 Å². The number of carbonyl (C=O) groups is 1. The topological polar surface area (TPSA) is 60.2 Å². The molecule has 2 aliphatic rings. The molecule has 7 heteroatoms. The third-order valence-corrected chi connectivity index (χ3v) is 4.88. The van der Waals surface area contributed by atoms with Crippen LogP contribution in [0.5, 0.6) is 0 Å². The number of hydrogen-bond donors (Lipinski definition) is 0. The Morgan fingerprint density at radius 1 is 1.40 bits per heavy atom. The molecular weight excluding hydrogens is 323 g/mol. The van der Waals surface area contributed by atoms with Crippen LogP contribution in [-0.4, -0.2) is 45.3 Å². The summed E-state index contributed by atoms with van der Waals surface area (Å²) in [4.78, 5) is 18.0. The fraction of sp³-hybridized carbons (Fsp3) is 0.500. The number of rotatable bonds is 5. The first kappa shape index (κ1) is 16.2.